The lowest BCUT2D eigenvalue weighted by molar-refractivity contribution is -0.384. The Morgan fingerprint density at radius 1 is 1.33 bits per heavy atom. The number of carbonyl (C=O) groups excluding carboxylic acids is 1. The lowest BCUT2D eigenvalue weighted by Gasteiger charge is -2.24. The molecule has 24 heavy (non-hydrogen) atoms. The first kappa shape index (κ1) is 18.2. The Labute approximate surface area is 142 Å². The molecule has 0 aromatic heterocycles. The van der Waals surface area contributed by atoms with Gasteiger partial charge in [0.25, 0.3) is 5.69 Å². The maximum Gasteiger partial charge on any atom is 0.292 e. The van der Waals surface area contributed by atoms with E-state index in [2.05, 4.69) is 5.32 Å². The van der Waals surface area contributed by atoms with Crippen molar-refractivity contribution in [3.63, 3.8) is 0 Å². The number of carbonyl (C=O) groups is 1. The minimum absolute atomic E-state index is 0.0243. The first-order valence-corrected chi connectivity index (χ1v) is 8.03. The second-order valence-electron chi connectivity index (χ2n) is 7.04. The van der Waals surface area contributed by atoms with Crippen molar-refractivity contribution >= 4 is 23.0 Å². The molecule has 1 unspecified atom stereocenters. The summed E-state index contributed by atoms with van der Waals surface area (Å²) in [5, 5.41) is 14.6. The number of hydrogen-bond acceptors (Lipinski definition) is 5. The molecule has 0 fully saturated rings. The zero-order valence-electron chi connectivity index (χ0n) is 15.0. The van der Waals surface area contributed by atoms with Crippen LogP contribution in [-0.4, -0.2) is 36.6 Å². The van der Waals surface area contributed by atoms with Gasteiger partial charge < -0.3 is 15.0 Å². The molecule has 0 saturated heterocycles. The summed E-state index contributed by atoms with van der Waals surface area (Å²) in [7, 11) is 1.58. The summed E-state index contributed by atoms with van der Waals surface area (Å²) in [6, 6.07) is 3.12. The van der Waals surface area contributed by atoms with Crippen molar-refractivity contribution in [2.75, 3.05) is 23.9 Å². The summed E-state index contributed by atoms with van der Waals surface area (Å²) in [4.78, 5) is 25.6. The van der Waals surface area contributed by atoms with Gasteiger partial charge in [-0.05, 0) is 46.2 Å². The fraction of sp³-hybridized carbons (Fsp3) is 0.588. The van der Waals surface area contributed by atoms with Crippen LogP contribution in [0.15, 0.2) is 12.1 Å². The Bertz CT molecular complexity index is 670. The third kappa shape index (κ3) is 2.96. The molecular weight excluding hydrogens is 310 g/mol. The quantitative estimate of drug-likeness (QED) is 0.638. The zero-order chi connectivity index (χ0) is 18.2. The fourth-order valence-electron chi connectivity index (χ4n) is 3.14. The SMILES string of the molecule is COCC(C)Nc1cc2c(cc1[N+](=O)[O-])C(C)(C)C(=O)N2C(C)C. The second-order valence-corrected chi connectivity index (χ2v) is 7.04. The van der Waals surface area contributed by atoms with E-state index in [0.29, 0.717) is 17.9 Å². The van der Waals surface area contributed by atoms with E-state index < -0.39 is 10.3 Å². The van der Waals surface area contributed by atoms with E-state index in [9.17, 15) is 14.9 Å². The lowest BCUT2D eigenvalue weighted by atomic mass is 9.85. The van der Waals surface area contributed by atoms with E-state index in [1.165, 1.54) is 6.07 Å². The van der Waals surface area contributed by atoms with Crippen LogP contribution in [0.1, 0.15) is 40.2 Å². The van der Waals surface area contributed by atoms with Crippen LogP contribution in [0.2, 0.25) is 0 Å². The summed E-state index contributed by atoms with van der Waals surface area (Å²) in [5.74, 6) is -0.0381. The molecule has 1 atom stereocenters. The molecule has 0 saturated carbocycles. The summed E-state index contributed by atoms with van der Waals surface area (Å²) in [6.45, 7) is 9.79. The molecule has 1 aromatic carbocycles. The Morgan fingerprint density at radius 2 is 1.96 bits per heavy atom. The molecule has 1 aliphatic heterocycles. The maximum absolute atomic E-state index is 12.8. The van der Waals surface area contributed by atoms with E-state index in [1.807, 2.05) is 20.8 Å². The van der Waals surface area contributed by atoms with Crippen LogP contribution < -0.4 is 10.2 Å². The normalized spacial score (nSPS) is 17.1. The Morgan fingerprint density at radius 3 is 2.46 bits per heavy atom. The summed E-state index contributed by atoms with van der Waals surface area (Å²) in [6.07, 6.45) is 0. The number of rotatable bonds is 6. The topological polar surface area (TPSA) is 84.7 Å². The van der Waals surface area contributed by atoms with Crippen LogP contribution in [0.5, 0.6) is 0 Å². The highest BCUT2D eigenvalue weighted by Gasteiger charge is 2.46. The highest BCUT2D eigenvalue weighted by Crippen LogP contribution is 2.46. The van der Waals surface area contributed by atoms with E-state index in [-0.39, 0.29) is 23.7 Å². The Hall–Kier alpha value is -2.15. The number of fused-ring (bicyclic) bond motifs is 1. The van der Waals surface area contributed by atoms with Gasteiger partial charge in [-0.2, -0.15) is 0 Å². The van der Waals surface area contributed by atoms with Crippen molar-refractivity contribution in [2.24, 2.45) is 0 Å². The second kappa shape index (κ2) is 6.39. The van der Waals surface area contributed by atoms with Crippen molar-refractivity contribution in [1.82, 2.24) is 0 Å². The van der Waals surface area contributed by atoms with E-state index >= 15 is 0 Å². The van der Waals surface area contributed by atoms with Gasteiger partial charge >= 0.3 is 0 Å². The molecule has 2 rings (SSSR count). The molecule has 7 nitrogen and oxygen atoms in total. The molecular formula is C17H25N3O4. The zero-order valence-corrected chi connectivity index (χ0v) is 15.0. The van der Waals surface area contributed by atoms with Crippen LogP contribution >= 0.6 is 0 Å². The van der Waals surface area contributed by atoms with E-state index in [0.717, 1.165) is 5.69 Å². The van der Waals surface area contributed by atoms with Gasteiger partial charge in [0.2, 0.25) is 5.91 Å². The number of nitrogens with one attached hydrogen (secondary N) is 1. The highest BCUT2D eigenvalue weighted by atomic mass is 16.6. The van der Waals surface area contributed by atoms with Gasteiger partial charge in [0.1, 0.15) is 5.69 Å². The molecule has 7 heteroatoms. The predicted octanol–water partition coefficient (Wildman–Crippen LogP) is 3.07. The lowest BCUT2D eigenvalue weighted by Crippen LogP contribution is -2.40. The molecule has 1 heterocycles. The van der Waals surface area contributed by atoms with Gasteiger partial charge in [0.05, 0.1) is 22.6 Å². The van der Waals surface area contributed by atoms with Crippen molar-refractivity contribution in [1.29, 1.82) is 0 Å². The summed E-state index contributed by atoms with van der Waals surface area (Å²) in [5.41, 5.74) is 1.03. The minimum atomic E-state index is -0.777. The van der Waals surface area contributed by atoms with Crippen molar-refractivity contribution in [2.45, 2.75) is 52.1 Å². The molecule has 1 aliphatic rings. The van der Waals surface area contributed by atoms with Crippen LogP contribution in [0.4, 0.5) is 17.1 Å². The average molecular weight is 335 g/mol. The van der Waals surface area contributed by atoms with E-state index in [1.54, 1.807) is 31.9 Å². The first-order valence-electron chi connectivity index (χ1n) is 8.03. The molecule has 0 bridgehead atoms. The van der Waals surface area contributed by atoms with Crippen molar-refractivity contribution in [3.05, 3.63) is 27.8 Å². The van der Waals surface area contributed by atoms with Crippen LogP contribution in [0, 0.1) is 10.1 Å². The van der Waals surface area contributed by atoms with Crippen LogP contribution in [0.3, 0.4) is 0 Å². The number of benzene rings is 1. The van der Waals surface area contributed by atoms with Gasteiger partial charge in [0.15, 0.2) is 0 Å². The number of methoxy groups -OCH3 is 1. The molecule has 132 valence electrons. The number of nitro benzene ring substituents is 1. The third-order valence-electron chi connectivity index (χ3n) is 4.33. The number of ether oxygens (including phenoxy) is 1. The van der Waals surface area contributed by atoms with Crippen LogP contribution in [-0.2, 0) is 14.9 Å². The van der Waals surface area contributed by atoms with Crippen LogP contribution in [0.25, 0.3) is 0 Å². The maximum atomic E-state index is 12.8. The fourth-order valence-corrected chi connectivity index (χ4v) is 3.14. The summed E-state index contributed by atoms with van der Waals surface area (Å²) < 4.78 is 5.08. The minimum Gasteiger partial charge on any atom is -0.383 e. The number of nitro groups is 1. The monoisotopic (exact) mass is 335 g/mol. The molecule has 0 radical (unpaired) electrons. The number of nitrogens with zero attached hydrogens (tertiary/aromatic N) is 2. The Balaban J connectivity index is 2.60. The first-order chi connectivity index (χ1) is 11.1. The van der Waals surface area contributed by atoms with Gasteiger partial charge in [-0.3, -0.25) is 14.9 Å². The average Bonchev–Trinajstić information content (AvgIpc) is 2.65. The largest absolute Gasteiger partial charge is 0.383 e. The highest BCUT2D eigenvalue weighted by molar-refractivity contribution is 6.09. The van der Waals surface area contributed by atoms with E-state index in [4.69, 9.17) is 4.74 Å². The third-order valence-corrected chi connectivity index (χ3v) is 4.33. The van der Waals surface area contributed by atoms with Crippen molar-refractivity contribution in [3.8, 4) is 0 Å². The molecule has 1 amide bonds. The van der Waals surface area contributed by atoms with Gasteiger partial charge in [0, 0.05) is 25.3 Å². The van der Waals surface area contributed by atoms with Gasteiger partial charge in [-0.1, -0.05) is 0 Å². The van der Waals surface area contributed by atoms with Gasteiger partial charge in [-0.15, -0.1) is 0 Å². The summed E-state index contributed by atoms with van der Waals surface area (Å²) >= 11 is 0. The number of amides is 1. The number of anilines is 2. The predicted molar refractivity (Wildman–Crippen MR) is 93.7 cm³/mol. The Kier molecular flexibility index (Phi) is 4.85. The molecule has 1 N–H and O–H groups in total. The molecule has 0 spiro atoms. The molecule has 1 aromatic rings. The molecule has 0 aliphatic carbocycles. The van der Waals surface area contributed by atoms with Gasteiger partial charge in [-0.25, -0.2) is 0 Å². The number of hydrogen-bond donors (Lipinski definition) is 1. The van der Waals surface area contributed by atoms with Crippen molar-refractivity contribution < 1.29 is 14.5 Å². The smallest absolute Gasteiger partial charge is 0.292 e. The standard InChI is InChI=1S/C17H25N3O4/c1-10(2)19-14-8-13(18-11(3)9-24-6)15(20(22)23)7-12(14)17(4,5)16(19)21/h7-8,10-11,18H,9H2,1-6H3.